The van der Waals surface area contributed by atoms with Crippen LogP contribution >= 0.6 is 0 Å². The smallest absolute Gasteiger partial charge is 0.134 e. The van der Waals surface area contributed by atoms with E-state index in [9.17, 15) is 0 Å². The summed E-state index contributed by atoms with van der Waals surface area (Å²) in [5.41, 5.74) is 4.67. The highest BCUT2D eigenvalue weighted by Crippen LogP contribution is 2.40. The van der Waals surface area contributed by atoms with Crippen LogP contribution in [-0.2, 0) is 0 Å². The predicted molar refractivity (Wildman–Crippen MR) is 90.0 cm³/mol. The highest BCUT2D eigenvalue weighted by molar-refractivity contribution is 6.06. The maximum absolute atomic E-state index is 5.90. The molecule has 0 amide bonds. The topological polar surface area (TPSA) is 25.0 Å². The number of aromatic amines is 1. The molecule has 2 heterocycles. The van der Waals surface area contributed by atoms with E-state index in [2.05, 4.69) is 53.6 Å². The van der Waals surface area contributed by atoms with Crippen molar-refractivity contribution in [3.8, 4) is 5.75 Å². The second kappa shape index (κ2) is 4.25. The summed E-state index contributed by atoms with van der Waals surface area (Å²) in [6.07, 6.45) is 3.93. The third-order valence-corrected chi connectivity index (χ3v) is 4.34. The Morgan fingerprint density at radius 1 is 0.773 bits per heavy atom. The van der Waals surface area contributed by atoms with Crippen LogP contribution in [0.5, 0.6) is 5.75 Å². The van der Waals surface area contributed by atoms with E-state index in [1.165, 1.54) is 27.3 Å². The second-order valence-corrected chi connectivity index (χ2v) is 5.56. The van der Waals surface area contributed by atoms with Gasteiger partial charge < -0.3 is 9.72 Å². The number of fused-ring (bicyclic) bond motifs is 1. The quantitative estimate of drug-likeness (QED) is 0.516. The van der Waals surface area contributed by atoms with Crippen molar-refractivity contribution in [2.75, 3.05) is 0 Å². The van der Waals surface area contributed by atoms with Gasteiger partial charge in [0.05, 0.1) is 6.26 Å². The van der Waals surface area contributed by atoms with Crippen LogP contribution < -0.4 is 4.74 Å². The Bertz CT molecular complexity index is 1050. The van der Waals surface area contributed by atoms with Gasteiger partial charge in [0.15, 0.2) is 0 Å². The SMILES string of the molecule is C1=C(c2c[nH]c3ccccc23)c2cccc3cccc(c23)O1. The number of ether oxygens (including phenoxy) is 1. The van der Waals surface area contributed by atoms with Gasteiger partial charge in [-0.15, -0.1) is 0 Å². The van der Waals surface area contributed by atoms with E-state index in [1.54, 1.807) is 0 Å². The molecule has 3 aromatic carbocycles. The third-order valence-electron chi connectivity index (χ3n) is 4.34. The van der Waals surface area contributed by atoms with Crippen LogP contribution in [0, 0.1) is 0 Å². The van der Waals surface area contributed by atoms with Crippen molar-refractivity contribution in [2.45, 2.75) is 0 Å². The fraction of sp³-hybridized carbons (Fsp3) is 0. The molecular weight excluding hydrogens is 270 g/mol. The second-order valence-electron chi connectivity index (χ2n) is 5.56. The van der Waals surface area contributed by atoms with Crippen LogP contribution in [0.3, 0.4) is 0 Å². The van der Waals surface area contributed by atoms with Gasteiger partial charge in [-0.2, -0.15) is 0 Å². The number of rotatable bonds is 1. The van der Waals surface area contributed by atoms with Crippen molar-refractivity contribution in [2.24, 2.45) is 0 Å². The maximum Gasteiger partial charge on any atom is 0.134 e. The first-order valence-electron chi connectivity index (χ1n) is 7.37. The van der Waals surface area contributed by atoms with Crippen molar-refractivity contribution in [3.05, 3.63) is 84.2 Å². The molecule has 1 aliphatic heterocycles. The molecule has 0 saturated heterocycles. The number of H-pyrrole nitrogens is 1. The zero-order valence-electron chi connectivity index (χ0n) is 11.8. The van der Waals surface area contributed by atoms with Crippen LogP contribution in [0.1, 0.15) is 11.1 Å². The largest absolute Gasteiger partial charge is 0.464 e. The Morgan fingerprint density at radius 3 is 2.59 bits per heavy atom. The molecule has 1 N–H and O–H groups in total. The molecule has 0 spiro atoms. The van der Waals surface area contributed by atoms with Gasteiger partial charge in [-0.3, -0.25) is 0 Å². The van der Waals surface area contributed by atoms with E-state index < -0.39 is 0 Å². The van der Waals surface area contributed by atoms with E-state index in [4.69, 9.17) is 4.74 Å². The van der Waals surface area contributed by atoms with E-state index in [1.807, 2.05) is 24.5 Å². The monoisotopic (exact) mass is 283 g/mol. The lowest BCUT2D eigenvalue weighted by Gasteiger charge is -2.18. The molecule has 2 heteroatoms. The van der Waals surface area contributed by atoms with Gasteiger partial charge >= 0.3 is 0 Å². The number of hydrogen-bond acceptors (Lipinski definition) is 1. The van der Waals surface area contributed by atoms with E-state index in [-0.39, 0.29) is 0 Å². The van der Waals surface area contributed by atoms with Crippen LogP contribution in [0.15, 0.2) is 73.1 Å². The van der Waals surface area contributed by atoms with Crippen LogP contribution in [0.2, 0.25) is 0 Å². The fourth-order valence-corrected chi connectivity index (χ4v) is 3.32. The summed E-state index contributed by atoms with van der Waals surface area (Å²) in [7, 11) is 0. The van der Waals surface area contributed by atoms with Crippen molar-refractivity contribution in [1.29, 1.82) is 0 Å². The Morgan fingerprint density at radius 2 is 1.64 bits per heavy atom. The number of aromatic nitrogens is 1. The van der Waals surface area contributed by atoms with Gasteiger partial charge in [-0.05, 0) is 23.1 Å². The molecule has 2 nitrogen and oxygen atoms in total. The van der Waals surface area contributed by atoms with Crippen LogP contribution in [-0.4, -0.2) is 4.98 Å². The minimum absolute atomic E-state index is 0.927. The lowest BCUT2D eigenvalue weighted by molar-refractivity contribution is 0.486. The molecular formula is C20H13NO. The highest BCUT2D eigenvalue weighted by Gasteiger charge is 2.19. The van der Waals surface area contributed by atoms with E-state index >= 15 is 0 Å². The molecule has 0 bridgehead atoms. The molecule has 104 valence electrons. The van der Waals surface area contributed by atoms with Gasteiger partial charge in [0.25, 0.3) is 0 Å². The molecule has 1 aromatic heterocycles. The molecule has 22 heavy (non-hydrogen) atoms. The summed E-state index contributed by atoms with van der Waals surface area (Å²) in [5, 5.41) is 3.61. The first kappa shape index (κ1) is 11.6. The molecule has 0 fully saturated rings. The zero-order valence-corrected chi connectivity index (χ0v) is 11.8. The minimum atomic E-state index is 0.927. The molecule has 0 aliphatic carbocycles. The number of benzene rings is 3. The molecule has 0 saturated carbocycles. The first-order chi connectivity index (χ1) is 10.9. The zero-order chi connectivity index (χ0) is 14.5. The van der Waals surface area contributed by atoms with Crippen molar-refractivity contribution < 1.29 is 4.74 Å². The summed E-state index contributed by atoms with van der Waals surface area (Å²) in [6, 6.07) is 20.9. The average Bonchev–Trinajstić information content (AvgIpc) is 3.00. The molecule has 5 rings (SSSR count). The Kier molecular flexibility index (Phi) is 2.25. The van der Waals surface area contributed by atoms with Crippen LogP contribution in [0.25, 0.3) is 27.2 Å². The maximum atomic E-state index is 5.90. The summed E-state index contributed by atoms with van der Waals surface area (Å²) < 4.78 is 5.90. The van der Waals surface area contributed by atoms with Gasteiger partial charge in [-0.1, -0.05) is 48.5 Å². The molecule has 1 aliphatic rings. The summed E-state index contributed by atoms with van der Waals surface area (Å²) in [5.74, 6) is 0.927. The van der Waals surface area contributed by atoms with Gasteiger partial charge in [0, 0.05) is 33.6 Å². The Hall–Kier alpha value is -3.00. The standard InChI is InChI=1S/C20H13NO/c1-2-9-18-14(7-1)16(11-21-18)17-12-22-19-10-4-6-13-5-3-8-15(17)20(13)19/h1-12,21H. The molecule has 0 unspecified atom stereocenters. The van der Waals surface area contributed by atoms with E-state index in [0.29, 0.717) is 0 Å². The predicted octanol–water partition coefficient (Wildman–Crippen LogP) is 5.10. The van der Waals surface area contributed by atoms with Crippen molar-refractivity contribution in [3.63, 3.8) is 0 Å². The van der Waals surface area contributed by atoms with Gasteiger partial charge in [0.1, 0.15) is 5.75 Å². The average molecular weight is 283 g/mol. The number of para-hydroxylation sites is 1. The van der Waals surface area contributed by atoms with Gasteiger partial charge in [0.2, 0.25) is 0 Å². The number of hydrogen-bond donors (Lipinski definition) is 1. The van der Waals surface area contributed by atoms with Crippen LogP contribution in [0.4, 0.5) is 0 Å². The van der Waals surface area contributed by atoms with Crippen molar-refractivity contribution in [1.82, 2.24) is 4.98 Å². The normalized spacial score (nSPS) is 13.2. The lowest BCUT2D eigenvalue weighted by atomic mass is 9.92. The summed E-state index contributed by atoms with van der Waals surface area (Å²) in [6.45, 7) is 0. The van der Waals surface area contributed by atoms with E-state index in [0.717, 1.165) is 16.8 Å². The molecule has 0 atom stereocenters. The highest BCUT2D eigenvalue weighted by atomic mass is 16.5. The Balaban J connectivity index is 1.83. The molecule has 4 aromatic rings. The third kappa shape index (κ3) is 1.49. The van der Waals surface area contributed by atoms with Crippen molar-refractivity contribution >= 4 is 27.2 Å². The lowest BCUT2D eigenvalue weighted by Crippen LogP contribution is -1.99. The fourth-order valence-electron chi connectivity index (χ4n) is 3.32. The minimum Gasteiger partial charge on any atom is -0.464 e. The summed E-state index contributed by atoms with van der Waals surface area (Å²) in [4.78, 5) is 3.35. The van der Waals surface area contributed by atoms with Gasteiger partial charge in [-0.25, -0.2) is 0 Å². The first-order valence-corrected chi connectivity index (χ1v) is 7.37. The summed E-state index contributed by atoms with van der Waals surface area (Å²) >= 11 is 0. The molecule has 0 radical (unpaired) electrons. The number of nitrogens with one attached hydrogen (secondary N) is 1. The Labute approximate surface area is 127 Å².